The van der Waals surface area contributed by atoms with Crippen molar-refractivity contribution >= 4 is 5.52 Å². The van der Waals surface area contributed by atoms with Gasteiger partial charge in [0.25, 0.3) is 0 Å². The van der Waals surface area contributed by atoms with Gasteiger partial charge in [-0.1, -0.05) is 19.3 Å². The average Bonchev–Trinajstić information content (AvgIpc) is 2.70. The van der Waals surface area contributed by atoms with Crippen LogP contribution in [0, 0.1) is 6.92 Å². The van der Waals surface area contributed by atoms with Gasteiger partial charge in [-0.15, -0.1) is 0 Å². The van der Waals surface area contributed by atoms with Gasteiger partial charge in [-0.3, -0.25) is 0 Å². The molecule has 2 aromatic heterocycles. The van der Waals surface area contributed by atoms with Gasteiger partial charge in [-0.25, -0.2) is 19.3 Å². The summed E-state index contributed by atoms with van der Waals surface area (Å²) >= 11 is 0. The summed E-state index contributed by atoms with van der Waals surface area (Å²) in [6.07, 6.45) is 7.73. The molecule has 1 aliphatic rings. The zero-order valence-corrected chi connectivity index (χ0v) is 9.94. The summed E-state index contributed by atoms with van der Waals surface area (Å²) in [5, 5.41) is 6.32. The van der Waals surface area contributed by atoms with Gasteiger partial charge < -0.3 is 0 Å². The van der Waals surface area contributed by atoms with Gasteiger partial charge in [0, 0.05) is 5.92 Å². The van der Waals surface area contributed by atoms with E-state index < -0.39 is 0 Å². The lowest BCUT2D eigenvalue weighted by atomic mass is 9.89. The Balaban J connectivity index is 2.19. The van der Waals surface area contributed by atoms with Crippen molar-refractivity contribution in [2.24, 2.45) is 0 Å². The quantitative estimate of drug-likeness (QED) is 0.815. The first-order valence-corrected chi connectivity index (χ1v) is 6.20. The van der Waals surface area contributed by atoms with Crippen molar-refractivity contribution in [2.45, 2.75) is 44.9 Å². The first-order valence-electron chi connectivity index (χ1n) is 6.20. The van der Waals surface area contributed by atoms with Crippen LogP contribution in [0.25, 0.3) is 5.52 Å². The Hall–Kier alpha value is -1.65. The molecule has 1 fully saturated rings. The van der Waals surface area contributed by atoms with Crippen molar-refractivity contribution in [2.75, 3.05) is 0 Å². The molecule has 17 heavy (non-hydrogen) atoms. The van der Waals surface area contributed by atoms with Crippen molar-refractivity contribution in [3.63, 3.8) is 0 Å². The third kappa shape index (κ3) is 1.66. The van der Waals surface area contributed by atoms with E-state index in [1.807, 2.05) is 6.92 Å². The van der Waals surface area contributed by atoms with Crippen molar-refractivity contribution in [1.29, 1.82) is 0 Å². The molecular formula is C12H16N4O. The molecule has 1 aliphatic carbocycles. The van der Waals surface area contributed by atoms with Crippen LogP contribution in [0.3, 0.4) is 0 Å². The highest BCUT2D eigenvalue weighted by atomic mass is 16.1. The Morgan fingerprint density at radius 3 is 2.88 bits per heavy atom. The molecule has 3 rings (SSSR count). The van der Waals surface area contributed by atoms with E-state index in [0.717, 1.165) is 29.9 Å². The highest BCUT2D eigenvalue weighted by molar-refractivity contribution is 5.50. The standard InChI is InChI=1S/C12H16N4O/c1-8-10-7-13-15-12(17)16(10)11(14-8)9-5-3-2-4-6-9/h7,9H,2-6H2,1H3,(H,15,17). The zero-order chi connectivity index (χ0) is 11.8. The number of hydrogen-bond acceptors (Lipinski definition) is 3. The lowest BCUT2D eigenvalue weighted by Crippen LogP contribution is -2.21. The van der Waals surface area contributed by atoms with Gasteiger partial charge in [-0.05, 0) is 19.8 Å². The maximum Gasteiger partial charge on any atom is 0.347 e. The predicted octanol–water partition coefficient (Wildman–Crippen LogP) is 1.77. The highest BCUT2D eigenvalue weighted by Gasteiger charge is 2.22. The lowest BCUT2D eigenvalue weighted by molar-refractivity contribution is 0.426. The Labute approximate surface area is 98.9 Å². The normalized spacial score (nSPS) is 17.7. The van der Waals surface area contributed by atoms with Crippen molar-refractivity contribution in [3.05, 3.63) is 28.2 Å². The number of fused-ring (bicyclic) bond motifs is 1. The minimum absolute atomic E-state index is 0.177. The fourth-order valence-electron chi connectivity index (χ4n) is 2.76. The molecule has 0 bridgehead atoms. The van der Waals surface area contributed by atoms with E-state index in [1.165, 1.54) is 19.3 Å². The van der Waals surface area contributed by atoms with E-state index in [2.05, 4.69) is 15.2 Å². The first-order chi connectivity index (χ1) is 8.27. The smallest absolute Gasteiger partial charge is 0.246 e. The van der Waals surface area contributed by atoms with Crippen LogP contribution in [0.15, 0.2) is 11.0 Å². The molecular weight excluding hydrogens is 216 g/mol. The molecule has 0 saturated heterocycles. The zero-order valence-electron chi connectivity index (χ0n) is 9.94. The van der Waals surface area contributed by atoms with Crippen molar-refractivity contribution in [1.82, 2.24) is 19.6 Å². The monoisotopic (exact) mass is 232 g/mol. The maximum absolute atomic E-state index is 11.9. The van der Waals surface area contributed by atoms with E-state index in [4.69, 9.17) is 0 Å². The van der Waals surface area contributed by atoms with Crippen LogP contribution in [-0.4, -0.2) is 19.6 Å². The molecule has 0 amide bonds. The van der Waals surface area contributed by atoms with Crippen LogP contribution in [0.4, 0.5) is 0 Å². The minimum atomic E-state index is -0.177. The molecule has 0 spiro atoms. The molecule has 0 aliphatic heterocycles. The molecule has 2 aromatic rings. The second-order valence-corrected chi connectivity index (χ2v) is 4.79. The third-order valence-electron chi connectivity index (χ3n) is 3.64. The van der Waals surface area contributed by atoms with Crippen molar-refractivity contribution in [3.8, 4) is 0 Å². The molecule has 5 nitrogen and oxygen atoms in total. The van der Waals surface area contributed by atoms with Crippen LogP contribution < -0.4 is 5.69 Å². The van der Waals surface area contributed by atoms with Crippen LogP contribution >= 0.6 is 0 Å². The number of imidazole rings is 1. The largest absolute Gasteiger partial charge is 0.347 e. The highest BCUT2D eigenvalue weighted by Crippen LogP contribution is 2.32. The molecule has 2 heterocycles. The summed E-state index contributed by atoms with van der Waals surface area (Å²) in [6.45, 7) is 1.93. The molecule has 5 heteroatoms. The first kappa shape index (κ1) is 10.5. The van der Waals surface area contributed by atoms with Gasteiger partial charge in [0.2, 0.25) is 0 Å². The summed E-state index contributed by atoms with van der Waals surface area (Å²) in [5.41, 5.74) is 1.54. The Kier molecular flexibility index (Phi) is 2.46. The van der Waals surface area contributed by atoms with E-state index in [-0.39, 0.29) is 5.69 Å². The average molecular weight is 232 g/mol. The van der Waals surface area contributed by atoms with Crippen LogP contribution in [0.2, 0.25) is 0 Å². The van der Waals surface area contributed by atoms with Crippen LogP contribution in [-0.2, 0) is 0 Å². The number of hydrogen-bond donors (Lipinski definition) is 1. The molecule has 0 unspecified atom stereocenters. The van der Waals surface area contributed by atoms with E-state index in [9.17, 15) is 4.79 Å². The van der Waals surface area contributed by atoms with Gasteiger partial charge in [-0.2, -0.15) is 5.10 Å². The minimum Gasteiger partial charge on any atom is -0.246 e. The predicted molar refractivity (Wildman–Crippen MR) is 64.2 cm³/mol. The fourth-order valence-corrected chi connectivity index (χ4v) is 2.76. The van der Waals surface area contributed by atoms with Gasteiger partial charge in [0.15, 0.2) is 0 Å². The Morgan fingerprint density at radius 1 is 1.35 bits per heavy atom. The van der Waals surface area contributed by atoms with E-state index in [0.29, 0.717) is 5.92 Å². The van der Waals surface area contributed by atoms with Gasteiger partial charge >= 0.3 is 5.69 Å². The number of aryl methyl sites for hydroxylation is 1. The second kappa shape index (κ2) is 3.98. The number of H-pyrrole nitrogens is 1. The SMILES string of the molecule is Cc1nc(C2CCCCC2)n2c(=O)[nH]ncc12. The fraction of sp³-hybridized carbons (Fsp3) is 0.583. The van der Waals surface area contributed by atoms with Crippen LogP contribution in [0.5, 0.6) is 0 Å². The summed E-state index contributed by atoms with van der Waals surface area (Å²) < 4.78 is 1.69. The van der Waals surface area contributed by atoms with E-state index in [1.54, 1.807) is 10.6 Å². The maximum atomic E-state index is 11.9. The summed E-state index contributed by atoms with van der Waals surface area (Å²) in [6, 6.07) is 0. The van der Waals surface area contributed by atoms with Gasteiger partial charge in [0.1, 0.15) is 5.82 Å². The lowest BCUT2D eigenvalue weighted by Gasteiger charge is -2.19. The number of nitrogens with one attached hydrogen (secondary N) is 1. The van der Waals surface area contributed by atoms with Crippen LogP contribution in [0.1, 0.15) is 49.5 Å². The number of rotatable bonds is 1. The molecule has 90 valence electrons. The molecule has 0 radical (unpaired) electrons. The summed E-state index contributed by atoms with van der Waals surface area (Å²) in [5.74, 6) is 1.34. The molecule has 0 aromatic carbocycles. The molecule has 1 saturated carbocycles. The summed E-state index contributed by atoms with van der Waals surface area (Å²) in [7, 11) is 0. The summed E-state index contributed by atoms with van der Waals surface area (Å²) in [4.78, 5) is 16.4. The van der Waals surface area contributed by atoms with Crippen molar-refractivity contribution < 1.29 is 0 Å². The number of aromatic amines is 1. The second-order valence-electron chi connectivity index (χ2n) is 4.79. The number of aromatic nitrogens is 4. The molecule has 0 atom stereocenters. The molecule has 1 N–H and O–H groups in total. The third-order valence-corrected chi connectivity index (χ3v) is 3.64. The van der Waals surface area contributed by atoms with E-state index >= 15 is 0 Å². The van der Waals surface area contributed by atoms with Gasteiger partial charge in [0.05, 0.1) is 17.4 Å². The Morgan fingerprint density at radius 2 is 2.12 bits per heavy atom. The topological polar surface area (TPSA) is 63.1 Å². The number of nitrogens with zero attached hydrogens (tertiary/aromatic N) is 3. The Bertz CT molecular complexity index is 592.